The third kappa shape index (κ3) is 4.68. The van der Waals surface area contributed by atoms with Crippen molar-refractivity contribution in [1.82, 2.24) is 4.72 Å². The molecule has 4 heteroatoms. The van der Waals surface area contributed by atoms with Gasteiger partial charge in [0.1, 0.15) is 0 Å². The van der Waals surface area contributed by atoms with E-state index in [-0.39, 0.29) is 11.8 Å². The van der Waals surface area contributed by atoms with Crippen LogP contribution in [0.3, 0.4) is 0 Å². The summed E-state index contributed by atoms with van der Waals surface area (Å²) >= 11 is 0. The molecule has 0 aromatic heterocycles. The summed E-state index contributed by atoms with van der Waals surface area (Å²) in [6, 6.07) is 15.4. The van der Waals surface area contributed by atoms with E-state index in [1.54, 1.807) is 0 Å². The van der Waals surface area contributed by atoms with E-state index in [2.05, 4.69) is 4.72 Å². The highest BCUT2D eigenvalue weighted by atomic mass is 32.2. The Kier molecular flexibility index (Phi) is 5.37. The van der Waals surface area contributed by atoms with Gasteiger partial charge >= 0.3 is 0 Å². The van der Waals surface area contributed by atoms with E-state index < -0.39 is 10.0 Å². The van der Waals surface area contributed by atoms with Gasteiger partial charge in [-0.25, -0.2) is 13.1 Å². The summed E-state index contributed by atoms with van der Waals surface area (Å²) in [6.45, 7) is 5.97. The van der Waals surface area contributed by atoms with E-state index in [1.165, 1.54) is 5.56 Å². The maximum Gasteiger partial charge on any atom is 0.216 e. The summed E-state index contributed by atoms with van der Waals surface area (Å²) in [7, 11) is -3.37. The van der Waals surface area contributed by atoms with E-state index >= 15 is 0 Å². The molecule has 0 amide bonds. The topological polar surface area (TPSA) is 46.2 Å². The normalized spacial score (nSPS) is 13.0. The van der Waals surface area contributed by atoms with Crippen molar-refractivity contribution in [3.05, 3.63) is 70.8 Å². The minimum absolute atomic E-state index is 0.0110. The van der Waals surface area contributed by atoms with E-state index in [4.69, 9.17) is 0 Å². The number of hydrogen-bond donors (Lipinski definition) is 1. The Hall–Kier alpha value is -1.65. The smallest absolute Gasteiger partial charge is 0.212 e. The van der Waals surface area contributed by atoms with Gasteiger partial charge in [-0.1, -0.05) is 66.6 Å². The van der Waals surface area contributed by atoms with Crippen molar-refractivity contribution in [3.63, 3.8) is 0 Å². The molecular weight excluding hydrogens is 294 g/mol. The predicted molar refractivity (Wildman–Crippen MR) is 91.1 cm³/mol. The predicted octanol–water partition coefficient (Wildman–Crippen LogP) is 3.87. The van der Waals surface area contributed by atoms with Crippen molar-refractivity contribution in [2.75, 3.05) is 0 Å². The van der Waals surface area contributed by atoms with Crippen LogP contribution in [-0.4, -0.2) is 8.42 Å². The lowest BCUT2D eigenvalue weighted by Gasteiger charge is -2.18. The largest absolute Gasteiger partial charge is 0.216 e. The first kappa shape index (κ1) is 16.7. The molecule has 0 radical (unpaired) electrons. The molecule has 1 atom stereocenters. The van der Waals surface area contributed by atoms with Crippen LogP contribution in [0.4, 0.5) is 0 Å². The van der Waals surface area contributed by atoms with Crippen molar-refractivity contribution in [2.45, 2.75) is 39.0 Å². The second-order valence-corrected chi connectivity index (χ2v) is 7.49. The summed E-state index contributed by atoms with van der Waals surface area (Å²) in [4.78, 5) is 0. The van der Waals surface area contributed by atoms with Crippen LogP contribution in [0.2, 0.25) is 0 Å². The molecule has 0 aliphatic carbocycles. The quantitative estimate of drug-likeness (QED) is 0.879. The molecule has 0 unspecified atom stereocenters. The summed E-state index contributed by atoms with van der Waals surface area (Å²) < 4.78 is 27.6. The molecule has 0 fully saturated rings. The second kappa shape index (κ2) is 7.07. The maximum absolute atomic E-state index is 12.4. The van der Waals surface area contributed by atoms with Crippen molar-refractivity contribution >= 4 is 10.0 Å². The van der Waals surface area contributed by atoms with Gasteiger partial charge in [0, 0.05) is 6.04 Å². The van der Waals surface area contributed by atoms with Gasteiger partial charge in [0.05, 0.1) is 5.75 Å². The van der Waals surface area contributed by atoms with Crippen LogP contribution < -0.4 is 4.72 Å². The molecule has 0 heterocycles. The van der Waals surface area contributed by atoms with Crippen molar-refractivity contribution in [3.8, 4) is 0 Å². The third-order valence-electron chi connectivity index (χ3n) is 3.65. The van der Waals surface area contributed by atoms with Gasteiger partial charge in [0.2, 0.25) is 10.0 Å². The van der Waals surface area contributed by atoms with Gasteiger partial charge in [0.25, 0.3) is 0 Å². The van der Waals surface area contributed by atoms with E-state index in [0.29, 0.717) is 0 Å². The van der Waals surface area contributed by atoms with Crippen molar-refractivity contribution in [1.29, 1.82) is 0 Å². The molecule has 0 bridgehead atoms. The first-order valence-corrected chi connectivity index (χ1v) is 9.17. The number of hydrogen-bond acceptors (Lipinski definition) is 2. The van der Waals surface area contributed by atoms with Crippen LogP contribution in [-0.2, 0) is 15.8 Å². The summed E-state index contributed by atoms with van der Waals surface area (Å²) in [6.07, 6.45) is 0.718. The molecule has 2 aromatic carbocycles. The Bertz CT molecular complexity index is 721. The van der Waals surface area contributed by atoms with E-state index in [9.17, 15) is 8.42 Å². The number of benzene rings is 2. The average molecular weight is 317 g/mol. The van der Waals surface area contributed by atoms with Crippen LogP contribution in [0.5, 0.6) is 0 Å². The second-order valence-electron chi connectivity index (χ2n) is 5.74. The fraction of sp³-hybridized carbons (Fsp3) is 0.333. The number of aryl methyl sites for hydroxylation is 2. The monoisotopic (exact) mass is 317 g/mol. The van der Waals surface area contributed by atoms with Crippen LogP contribution in [0, 0.1) is 13.8 Å². The molecular formula is C18H23NO2S. The Morgan fingerprint density at radius 3 is 2.27 bits per heavy atom. The molecule has 2 rings (SSSR count). The lowest BCUT2D eigenvalue weighted by molar-refractivity contribution is 0.549. The maximum atomic E-state index is 12.4. The molecule has 1 N–H and O–H groups in total. The highest BCUT2D eigenvalue weighted by Crippen LogP contribution is 2.19. The van der Waals surface area contributed by atoms with Crippen molar-refractivity contribution in [2.24, 2.45) is 0 Å². The van der Waals surface area contributed by atoms with E-state index in [1.807, 2.05) is 69.3 Å². The molecule has 118 valence electrons. The van der Waals surface area contributed by atoms with Crippen LogP contribution in [0.25, 0.3) is 0 Å². The lowest BCUT2D eigenvalue weighted by atomic mass is 10.0. The third-order valence-corrected chi connectivity index (χ3v) is 5.01. The lowest BCUT2D eigenvalue weighted by Crippen LogP contribution is -2.29. The fourth-order valence-corrected chi connectivity index (χ4v) is 3.90. The summed E-state index contributed by atoms with van der Waals surface area (Å²) in [5.41, 5.74) is 4.05. The molecule has 22 heavy (non-hydrogen) atoms. The zero-order chi connectivity index (χ0) is 16.2. The van der Waals surface area contributed by atoms with Crippen LogP contribution >= 0.6 is 0 Å². The highest BCUT2D eigenvalue weighted by Gasteiger charge is 2.18. The Labute approximate surface area is 133 Å². The summed E-state index contributed by atoms with van der Waals surface area (Å²) in [5.74, 6) is 0.0110. The molecule has 2 aromatic rings. The number of nitrogens with one attached hydrogen (secondary N) is 1. The standard InChI is InChI=1S/C18H23NO2S/c1-4-18(17-10-8-14(2)9-11-17)19-22(20,21)13-16-7-5-6-15(3)12-16/h5-12,18-19H,4,13H2,1-3H3/t18-/m1/s1. The Balaban J connectivity index is 2.13. The zero-order valence-electron chi connectivity index (χ0n) is 13.3. The molecule has 0 aliphatic heterocycles. The first-order valence-electron chi connectivity index (χ1n) is 7.52. The van der Waals surface area contributed by atoms with Gasteiger partial charge in [-0.05, 0) is 31.4 Å². The minimum Gasteiger partial charge on any atom is -0.212 e. The Morgan fingerprint density at radius 2 is 1.68 bits per heavy atom. The van der Waals surface area contributed by atoms with Crippen LogP contribution in [0.1, 0.15) is 41.6 Å². The summed E-state index contributed by atoms with van der Waals surface area (Å²) in [5, 5.41) is 0. The SMILES string of the molecule is CC[C@@H](NS(=O)(=O)Cc1cccc(C)c1)c1ccc(C)cc1. The number of sulfonamides is 1. The van der Waals surface area contributed by atoms with Gasteiger partial charge < -0.3 is 0 Å². The fourth-order valence-electron chi connectivity index (χ4n) is 2.47. The highest BCUT2D eigenvalue weighted by molar-refractivity contribution is 7.88. The molecule has 3 nitrogen and oxygen atoms in total. The van der Waals surface area contributed by atoms with Gasteiger partial charge in [0.15, 0.2) is 0 Å². The van der Waals surface area contributed by atoms with Gasteiger partial charge in [-0.3, -0.25) is 0 Å². The molecule has 0 saturated heterocycles. The molecule has 0 spiro atoms. The zero-order valence-corrected chi connectivity index (χ0v) is 14.2. The molecule has 0 saturated carbocycles. The van der Waals surface area contributed by atoms with Crippen molar-refractivity contribution < 1.29 is 8.42 Å². The average Bonchev–Trinajstić information content (AvgIpc) is 2.45. The van der Waals surface area contributed by atoms with E-state index in [0.717, 1.165) is 23.1 Å². The Morgan fingerprint density at radius 1 is 1.00 bits per heavy atom. The molecule has 0 aliphatic rings. The first-order chi connectivity index (χ1) is 10.4. The van der Waals surface area contributed by atoms with Crippen LogP contribution in [0.15, 0.2) is 48.5 Å². The minimum atomic E-state index is -3.37. The van der Waals surface area contributed by atoms with Gasteiger partial charge in [-0.2, -0.15) is 0 Å². The van der Waals surface area contributed by atoms with Gasteiger partial charge in [-0.15, -0.1) is 0 Å². The number of rotatable bonds is 6.